The maximum Gasteiger partial charge on any atom is 0.303 e. The minimum atomic E-state index is -0.781. The van der Waals surface area contributed by atoms with Gasteiger partial charge in [0.05, 0.1) is 0 Å². The number of hydrogen-bond donors (Lipinski definition) is 1. The second-order valence-electron chi connectivity index (χ2n) is 4.63. The largest absolute Gasteiger partial charge is 0.481 e. The molecule has 1 aliphatic carbocycles. The topological polar surface area (TPSA) is 76.2 Å². The third-order valence-electron chi connectivity index (χ3n) is 3.24. The number of aliphatic carboxylic acids is 1. The molecule has 2 rings (SSSR count). The number of carboxylic acids is 1. The SMILES string of the molecule is O=C(O)CCCc1nc(C2CCCCC2)no1. The summed E-state index contributed by atoms with van der Waals surface area (Å²) in [4.78, 5) is 14.7. The highest BCUT2D eigenvalue weighted by Gasteiger charge is 2.20. The Kier molecular flexibility index (Phi) is 4.12. The van der Waals surface area contributed by atoms with E-state index in [0.29, 0.717) is 24.7 Å². The second kappa shape index (κ2) is 5.80. The van der Waals surface area contributed by atoms with Gasteiger partial charge in [-0.15, -0.1) is 0 Å². The van der Waals surface area contributed by atoms with Gasteiger partial charge in [-0.05, 0) is 19.3 Å². The van der Waals surface area contributed by atoms with Crippen molar-refractivity contribution in [2.24, 2.45) is 0 Å². The fourth-order valence-electron chi connectivity index (χ4n) is 2.29. The highest BCUT2D eigenvalue weighted by Crippen LogP contribution is 2.30. The van der Waals surface area contributed by atoms with Gasteiger partial charge in [-0.3, -0.25) is 4.79 Å². The van der Waals surface area contributed by atoms with Crippen LogP contribution in [0.25, 0.3) is 0 Å². The molecule has 5 nitrogen and oxygen atoms in total. The van der Waals surface area contributed by atoms with E-state index in [-0.39, 0.29) is 6.42 Å². The summed E-state index contributed by atoms with van der Waals surface area (Å²) in [5, 5.41) is 12.5. The number of aryl methyl sites for hydroxylation is 1. The van der Waals surface area contributed by atoms with E-state index in [2.05, 4.69) is 10.1 Å². The first kappa shape index (κ1) is 12.1. The predicted octanol–water partition coefficient (Wildman–Crippen LogP) is 2.52. The van der Waals surface area contributed by atoms with Crippen LogP contribution in [0.5, 0.6) is 0 Å². The maximum atomic E-state index is 10.4. The molecule has 0 radical (unpaired) electrons. The Bertz CT molecular complexity index is 370. The van der Waals surface area contributed by atoms with E-state index in [9.17, 15) is 4.79 Å². The zero-order valence-electron chi connectivity index (χ0n) is 9.89. The molecular formula is C12H18N2O3. The van der Waals surface area contributed by atoms with E-state index in [1.54, 1.807) is 0 Å². The number of carboxylic acid groups (broad SMARTS) is 1. The van der Waals surface area contributed by atoms with Crippen LogP contribution in [0.1, 0.15) is 62.6 Å². The lowest BCUT2D eigenvalue weighted by molar-refractivity contribution is -0.137. The molecule has 0 spiro atoms. The molecule has 1 N–H and O–H groups in total. The first-order valence-corrected chi connectivity index (χ1v) is 6.30. The van der Waals surface area contributed by atoms with E-state index in [0.717, 1.165) is 18.7 Å². The van der Waals surface area contributed by atoms with Crippen LogP contribution in [-0.4, -0.2) is 21.2 Å². The van der Waals surface area contributed by atoms with Crippen LogP contribution >= 0.6 is 0 Å². The Morgan fingerprint density at radius 1 is 1.35 bits per heavy atom. The van der Waals surface area contributed by atoms with E-state index >= 15 is 0 Å². The molecule has 94 valence electrons. The Morgan fingerprint density at radius 2 is 2.12 bits per heavy atom. The smallest absolute Gasteiger partial charge is 0.303 e. The Labute approximate surface area is 100 Å². The van der Waals surface area contributed by atoms with Crippen molar-refractivity contribution in [2.75, 3.05) is 0 Å². The van der Waals surface area contributed by atoms with Crippen molar-refractivity contribution in [3.05, 3.63) is 11.7 Å². The standard InChI is InChI=1S/C12H18N2O3/c15-11(16)8-4-7-10-13-12(14-17-10)9-5-2-1-3-6-9/h9H,1-8H2,(H,15,16). The molecule has 0 bridgehead atoms. The molecule has 1 fully saturated rings. The first-order valence-electron chi connectivity index (χ1n) is 6.30. The minimum Gasteiger partial charge on any atom is -0.481 e. The van der Waals surface area contributed by atoms with Crippen molar-refractivity contribution in [3.63, 3.8) is 0 Å². The fourth-order valence-corrected chi connectivity index (χ4v) is 2.29. The highest BCUT2D eigenvalue weighted by molar-refractivity contribution is 5.66. The molecule has 5 heteroatoms. The molecule has 1 aromatic rings. The third-order valence-corrected chi connectivity index (χ3v) is 3.24. The second-order valence-corrected chi connectivity index (χ2v) is 4.63. The molecule has 1 saturated carbocycles. The summed E-state index contributed by atoms with van der Waals surface area (Å²) in [5.74, 6) is 1.06. The van der Waals surface area contributed by atoms with Crippen LogP contribution in [-0.2, 0) is 11.2 Å². The van der Waals surface area contributed by atoms with Crippen LogP contribution < -0.4 is 0 Å². The average Bonchev–Trinajstić information content (AvgIpc) is 2.78. The normalized spacial score (nSPS) is 17.2. The summed E-state index contributed by atoms with van der Waals surface area (Å²) in [6, 6.07) is 0. The number of carbonyl (C=O) groups is 1. The lowest BCUT2D eigenvalue weighted by Gasteiger charge is -2.17. The number of rotatable bonds is 5. The van der Waals surface area contributed by atoms with Gasteiger partial charge >= 0.3 is 5.97 Å². The molecule has 0 aliphatic heterocycles. The highest BCUT2D eigenvalue weighted by atomic mass is 16.5. The molecule has 1 aliphatic rings. The third kappa shape index (κ3) is 3.54. The van der Waals surface area contributed by atoms with Gasteiger partial charge in [-0.25, -0.2) is 0 Å². The predicted molar refractivity (Wildman–Crippen MR) is 60.7 cm³/mol. The molecular weight excluding hydrogens is 220 g/mol. The van der Waals surface area contributed by atoms with Gasteiger partial charge in [-0.2, -0.15) is 4.98 Å². The van der Waals surface area contributed by atoms with Crippen molar-refractivity contribution in [2.45, 2.75) is 57.3 Å². The molecule has 17 heavy (non-hydrogen) atoms. The molecule has 1 heterocycles. The van der Waals surface area contributed by atoms with Crippen molar-refractivity contribution >= 4 is 5.97 Å². The fraction of sp³-hybridized carbons (Fsp3) is 0.750. The zero-order chi connectivity index (χ0) is 12.1. The summed E-state index contributed by atoms with van der Waals surface area (Å²) < 4.78 is 5.15. The lowest BCUT2D eigenvalue weighted by Crippen LogP contribution is -2.06. The number of aromatic nitrogens is 2. The van der Waals surface area contributed by atoms with Gasteiger partial charge in [0.1, 0.15) is 0 Å². The summed E-state index contributed by atoms with van der Waals surface area (Å²) in [7, 11) is 0. The number of hydrogen-bond acceptors (Lipinski definition) is 4. The van der Waals surface area contributed by atoms with Crippen molar-refractivity contribution in [1.82, 2.24) is 10.1 Å². The summed E-state index contributed by atoms with van der Waals surface area (Å²) >= 11 is 0. The van der Waals surface area contributed by atoms with Gasteiger partial charge < -0.3 is 9.63 Å². The molecule has 0 amide bonds. The number of nitrogens with zero attached hydrogens (tertiary/aromatic N) is 2. The molecule has 0 aromatic carbocycles. The molecule has 0 unspecified atom stereocenters. The monoisotopic (exact) mass is 238 g/mol. The molecule has 0 saturated heterocycles. The van der Waals surface area contributed by atoms with Crippen LogP contribution in [0.3, 0.4) is 0 Å². The van der Waals surface area contributed by atoms with Crippen LogP contribution in [0.15, 0.2) is 4.52 Å². The molecule has 1 aromatic heterocycles. The lowest BCUT2D eigenvalue weighted by atomic mass is 9.89. The first-order chi connectivity index (χ1) is 8.25. The van der Waals surface area contributed by atoms with Crippen LogP contribution in [0.4, 0.5) is 0 Å². The quantitative estimate of drug-likeness (QED) is 0.852. The van der Waals surface area contributed by atoms with Crippen molar-refractivity contribution in [1.29, 1.82) is 0 Å². The van der Waals surface area contributed by atoms with Crippen LogP contribution in [0.2, 0.25) is 0 Å². The average molecular weight is 238 g/mol. The van der Waals surface area contributed by atoms with Gasteiger partial charge in [0.15, 0.2) is 5.82 Å². The van der Waals surface area contributed by atoms with Crippen LogP contribution in [0, 0.1) is 0 Å². The molecule has 0 atom stereocenters. The van der Waals surface area contributed by atoms with Crippen molar-refractivity contribution < 1.29 is 14.4 Å². The summed E-state index contributed by atoms with van der Waals surface area (Å²) in [6.45, 7) is 0. The van der Waals surface area contributed by atoms with Crippen molar-refractivity contribution in [3.8, 4) is 0 Å². The Hall–Kier alpha value is -1.39. The van der Waals surface area contributed by atoms with E-state index in [4.69, 9.17) is 9.63 Å². The maximum absolute atomic E-state index is 10.4. The summed E-state index contributed by atoms with van der Waals surface area (Å²) in [5.41, 5.74) is 0. The minimum absolute atomic E-state index is 0.154. The van der Waals surface area contributed by atoms with Gasteiger partial charge in [0, 0.05) is 18.8 Å². The van der Waals surface area contributed by atoms with Gasteiger partial charge in [-0.1, -0.05) is 24.4 Å². The Morgan fingerprint density at radius 3 is 2.82 bits per heavy atom. The van der Waals surface area contributed by atoms with Gasteiger partial charge in [0.2, 0.25) is 5.89 Å². The van der Waals surface area contributed by atoms with Gasteiger partial charge in [0.25, 0.3) is 0 Å². The van der Waals surface area contributed by atoms with E-state index in [1.165, 1.54) is 19.3 Å². The van der Waals surface area contributed by atoms with E-state index < -0.39 is 5.97 Å². The summed E-state index contributed by atoms with van der Waals surface area (Å²) in [6.07, 6.45) is 7.36. The zero-order valence-corrected chi connectivity index (χ0v) is 9.89. The Balaban J connectivity index is 1.84. The van der Waals surface area contributed by atoms with E-state index in [1.807, 2.05) is 0 Å².